The SMILES string of the molecule is CCCCC1(CC2CCCCC2)N=C(N)N(CC2CCC3(CC2)C[C@H]3NC(=O)Nc2cccc(OC)c2)C1=O. The number of guanidine groups is 1. The zero-order chi connectivity index (χ0) is 27.5. The van der Waals surface area contributed by atoms with E-state index in [0.717, 1.165) is 63.5 Å². The Balaban J connectivity index is 1.12. The minimum Gasteiger partial charge on any atom is -0.497 e. The normalized spacial score (nSPS) is 30.8. The predicted octanol–water partition coefficient (Wildman–Crippen LogP) is 5.82. The molecule has 1 unspecified atom stereocenters. The zero-order valence-corrected chi connectivity index (χ0v) is 23.8. The number of amides is 3. The van der Waals surface area contributed by atoms with E-state index >= 15 is 0 Å². The summed E-state index contributed by atoms with van der Waals surface area (Å²) in [7, 11) is 1.62. The summed E-state index contributed by atoms with van der Waals surface area (Å²) in [5.41, 5.74) is 6.73. The lowest BCUT2D eigenvalue weighted by atomic mass is 9.76. The average molecular weight is 538 g/mol. The molecule has 0 saturated heterocycles. The van der Waals surface area contributed by atoms with Crippen molar-refractivity contribution in [3.05, 3.63) is 24.3 Å². The van der Waals surface area contributed by atoms with Gasteiger partial charge in [0.2, 0.25) is 0 Å². The smallest absolute Gasteiger partial charge is 0.319 e. The number of anilines is 1. The van der Waals surface area contributed by atoms with Crippen LogP contribution >= 0.6 is 0 Å². The molecule has 3 fully saturated rings. The number of nitrogens with two attached hydrogens (primary N) is 1. The standard InChI is InChI=1S/C31H47N5O3/c1-3-4-15-31(19-22-9-6-5-7-10-22)27(37)36(28(32)35-31)21-23-13-16-30(17-14-23)20-26(30)34-29(38)33-24-11-8-12-25(18-24)39-2/h8,11-12,18,22-23,26H,3-7,9-10,13-17,19-21H2,1-2H3,(H2,32,35)(H2,33,34,38)/t23?,26-,30?,31?/m1/s1. The van der Waals surface area contributed by atoms with Crippen molar-refractivity contribution in [2.75, 3.05) is 19.0 Å². The topological polar surface area (TPSA) is 109 Å². The Labute approximate surface area is 233 Å². The fourth-order valence-electron chi connectivity index (χ4n) is 7.42. The number of unbranched alkanes of at least 4 members (excludes halogenated alkanes) is 1. The van der Waals surface area contributed by atoms with Crippen molar-refractivity contribution in [2.45, 2.75) is 108 Å². The summed E-state index contributed by atoms with van der Waals surface area (Å²) in [5.74, 6) is 2.32. The highest BCUT2D eigenvalue weighted by Gasteiger charge is 2.56. The van der Waals surface area contributed by atoms with E-state index in [4.69, 9.17) is 15.5 Å². The molecular weight excluding hydrogens is 490 g/mol. The van der Waals surface area contributed by atoms with Gasteiger partial charge in [0.1, 0.15) is 11.3 Å². The number of nitrogens with one attached hydrogen (secondary N) is 2. The van der Waals surface area contributed by atoms with E-state index in [9.17, 15) is 9.59 Å². The van der Waals surface area contributed by atoms with Gasteiger partial charge >= 0.3 is 6.03 Å². The van der Waals surface area contributed by atoms with Gasteiger partial charge in [0.05, 0.1) is 7.11 Å². The van der Waals surface area contributed by atoms with E-state index in [2.05, 4.69) is 17.6 Å². The molecule has 3 amide bonds. The van der Waals surface area contributed by atoms with Gasteiger partial charge in [0.25, 0.3) is 5.91 Å². The minimum atomic E-state index is -0.639. The van der Waals surface area contributed by atoms with Gasteiger partial charge < -0.3 is 21.1 Å². The molecular formula is C31H47N5O3. The zero-order valence-electron chi connectivity index (χ0n) is 23.8. The van der Waals surface area contributed by atoms with Crippen molar-refractivity contribution in [3.8, 4) is 5.75 Å². The third kappa shape index (κ3) is 6.20. The second-order valence-electron chi connectivity index (χ2n) is 12.6. The summed E-state index contributed by atoms with van der Waals surface area (Å²) in [6.45, 7) is 2.86. The van der Waals surface area contributed by atoms with Crippen molar-refractivity contribution in [1.82, 2.24) is 10.2 Å². The van der Waals surface area contributed by atoms with Crippen LogP contribution < -0.4 is 21.1 Å². The maximum Gasteiger partial charge on any atom is 0.319 e. The first-order valence-electron chi connectivity index (χ1n) is 15.3. The number of ether oxygens (including phenoxy) is 1. The number of benzene rings is 1. The van der Waals surface area contributed by atoms with Crippen molar-refractivity contribution in [3.63, 3.8) is 0 Å². The molecule has 8 heteroatoms. The fraction of sp³-hybridized carbons (Fsp3) is 0.710. The average Bonchev–Trinajstić information content (AvgIpc) is 3.54. The molecule has 5 rings (SSSR count). The summed E-state index contributed by atoms with van der Waals surface area (Å²) in [6, 6.07) is 7.43. The number of carbonyl (C=O) groups is 2. The van der Waals surface area contributed by atoms with E-state index in [0.29, 0.717) is 30.1 Å². The number of hydrogen-bond donors (Lipinski definition) is 3. The van der Waals surface area contributed by atoms with Gasteiger partial charge in [0, 0.05) is 24.3 Å². The highest BCUT2D eigenvalue weighted by molar-refractivity contribution is 6.06. The van der Waals surface area contributed by atoms with Crippen LogP contribution in [0.5, 0.6) is 5.75 Å². The van der Waals surface area contributed by atoms with Crippen molar-refractivity contribution >= 4 is 23.6 Å². The van der Waals surface area contributed by atoms with Crippen molar-refractivity contribution < 1.29 is 14.3 Å². The third-order valence-corrected chi connectivity index (χ3v) is 9.91. The van der Waals surface area contributed by atoms with Crippen molar-refractivity contribution in [1.29, 1.82) is 0 Å². The van der Waals surface area contributed by atoms with Crippen LogP contribution in [0.15, 0.2) is 29.3 Å². The molecule has 1 aliphatic heterocycles. The molecule has 0 radical (unpaired) electrons. The largest absolute Gasteiger partial charge is 0.497 e. The lowest BCUT2D eigenvalue weighted by molar-refractivity contribution is -0.132. The summed E-state index contributed by atoms with van der Waals surface area (Å²) < 4.78 is 5.24. The van der Waals surface area contributed by atoms with Crippen LogP contribution in [0.4, 0.5) is 10.5 Å². The van der Waals surface area contributed by atoms with Gasteiger partial charge in [0.15, 0.2) is 5.96 Å². The second-order valence-corrected chi connectivity index (χ2v) is 12.6. The van der Waals surface area contributed by atoms with Gasteiger partial charge in [-0.1, -0.05) is 57.9 Å². The first kappa shape index (κ1) is 27.8. The minimum absolute atomic E-state index is 0.152. The molecule has 8 nitrogen and oxygen atoms in total. The maximum absolute atomic E-state index is 13.9. The molecule has 39 heavy (non-hydrogen) atoms. The van der Waals surface area contributed by atoms with Gasteiger partial charge in [-0.15, -0.1) is 0 Å². The molecule has 0 aromatic heterocycles. The second kappa shape index (κ2) is 11.8. The molecule has 4 aliphatic rings. The molecule has 1 aromatic carbocycles. The van der Waals surface area contributed by atoms with E-state index in [-0.39, 0.29) is 23.4 Å². The van der Waals surface area contributed by atoms with Crippen LogP contribution in [0.25, 0.3) is 0 Å². The van der Waals surface area contributed by atoms with Crippen LogP contribution in [-0.2, 0) is 4.79 Å². The number of urea groups is 1. The molecule has 1 aromatic rings. The first-order chi connectivity index (χ1) is 18.9. The van der Waals surface area contributed by atoms with Gasteiger partial charge in [-0.2, -0.15) is 0 Å². The van der Waals surface area contributed by atoms with Crippen LogP contribution in [-0.4, -0.2) is 48.0 Å². The monoisotopic (exact) mass is 537 g/mol. The number of aliphatic imine (C=N–C) groups is 1. The lowest BCUT2D eigenvalue weighted by Crippen LogP contribution is -2.47. The number of rotatable bonds is 10. The van der Waals surface area contributed by atoms with Gasteiger partial charge in [-0.05, 0) is 74.3 Å². The third-order valence-electron chi connectivity index (χ3n) is 9.91. The van der Waals surface area contributed by atoms with E-state index in [1.54, 1.807) is 7.11 Å². The summed E-state index contributed by atoms with van der Waals surface area (Å²) >= 11 is 0. The number of methoxy groups -OCH3 is 1. The van der Waals surface area contributed by atoms with Crippen LogP contribution in [0.2, 0.25) is 0 Å². The molecule has 3 aliphatic carbocycles. The van der Waals surface area contributed by atoms with Gasteiger partial charge in [-0.3, -0.25) is 9.69 Å². The van der Waals surface area contributed by atoms with Crippen LogP contribution in [0.3, 0.4) is 0 Å². The Morgan fingerprint density at radius 1 is 1.15 bits per heavy atom. The highest BCUT2D eigenvalue weighted by Crippen LogP contribution is 2.57. The van der Waals surface area contributed by atoms with Crippen LogP contribution in [0, 0.1) is 17.3 Å². The van der Waals surface area contributed by atoms with Gasteiger partial charge in [-0.25, -0.2) is 9.79 Å². The Morgan fingerprint density at radius 2 is 1.92 bits per heavy atom. The molecule has 2 atom stereocenters. The Bertz CT molecular complexity index is 1060. The Morgan fingerprint density at radius 3 is 2.64 bits per heavy atom. The Kier molecular flexibility index (Phi) is 8.38. The summed E-state index contributed by atoms with van der Waals surface area (Å²) in [4.78, 5) is 33.2. The molecule has 214 valence electrons. The summed E-state index contributed by atoms with van der Waals surface area (Å²) in [6.07, 6.45) is 15.3. The van der Waals surface area contributed by atoms with E-state index in [1.807, 2.05) is 29.2 Å². The Hall–Kier alpha value is -2.77. The quantitative estimate of drug-likeness (QED) is 0.349. The number of nitrogens with zero attached hydrogens (tertiary/aromatic N) is 2. The molecule has 0 bridgehead atoms. The molecule has 3 saturated carbocycles. The lowest BCUT2D eigenvalue weighted by Gasteiger charge is -2.34. The molecule has 1 heterocycles. The number of hydrogen-bond acceptors (Lipinski definition) is 5. The predicted molar refractivity (Wildman–Crippen MR) is 155 cm³/mol. The molecule has 1 spiro atoms. The molecule has 4 N–H and O–H groups in total. The maximum atomic E-state index is 13.9. The van der Waals surface area contributed by atoms with Crippen LogP contribution in [0.1, 0.15) is 96.8 Å². The summed E-state index contributed by atoms with van der Waals surface area (Å²) in [5, 5.41) is 6.10. The van der Waals surface area contributed by atoms with E-state index in [1.165, 1.54) is 32.1 Å². The number of carbonyl (C=O) groups excluding carboxylic acids is 2. The first-order valence-corrected chi connectivity index (χ1v) is 15.3. The fourth-order valence-corrected chi connectivity index (χ4v) is 7.42. The van der Waals surface area contributed by atoms with Crippen molar-refractivity contribution in [2.24, 2.45) is 28.0 Å². The highest BCUT2D eigenvalue weighted by atomic mass is 16.5. The van der Waals surface area contributed by atoms with E-state index < -0.39 is 5.54 Å².